The van der Waals surface area contributed by atoms with Crippen LogP contribution in [0.3, 0.4) is 0 Å². The fourth-order valence-corrected chi connectivity index (χ4v) is 3.16. The molecule has 0 aliphatic heterocycles. The number of hydrogen-bond donors (Lipinski definition) is 2. The van der Waals surface area contributed by atoms with Gasteiger partial charge in [-0.3, -0.25) is 0 Å². The van der Waals surface area contributed by atoms with Gasteiger partial charge in [-0.25, -0.2) is 18.1 Å². The molecule has 3 N–H and O–H groups in total. The van der Waals surface area contributed by atoms with Gasteiger partial charge < -0.3 is 5.73 Å². The van der Waals surface area contributed by atoms with E-state index in [1.54, 1.807) is 0 Å². The number of nitrogen functional groups attached to an aromatic ring is 1. The molecule has 5 nitrogen and oxygen atoms in total. The van der Waals surface area contributed by atoms with Crippen LogP contribution in [-0.2, 0) is 10.0 Å². The van der Waals surface area contributed by atoms with Crippen molar-refractivity contribution in [2.45, 2.75) is 37.1 Å². The van der Waals surface area contributed by atoms with E-state index in [1.165, 1.54) is 24.8 Å². The lowest BCUT2D eigenvalue weighted by molar-refractivity contribution is 0.260. The Hall–Kier alpha value is -1.14. The normalized spacial score (nSPS) is 18.6. The van der Waals surface area contributed by atoms with Gasteiger partial charge in [-0.15, -0.1) is 0 Å². The van der Waals surface area contributed by atoms with Gasteiger partial charge in [0.1, 0.15) is 10.7 Å². The first-order valence-electron chi connectivity index (χ1n) is 5.73. The van der Waals surface area contributed by atoms with Gasteiger partial charge in [0.2, 0.25) is 10.0 Å². The molecule has 1 aliphatic rings. The molecule has 17 heavy (non-hydrogen) atoms. The molecule has 1 aliphatic carbocycles. The monoisotopic (exact) mass is 255 g/mol. The molecule has 0 saturated heterocycles. The van der Waals surface area contributed by atoms with E-state index in [-0.39, 0.29) is 10.9 Å². The Bertz CT molecular complexity index is 480. The van der Waals surface area contributed by atoms with E-state index < -0.39 is 10.0 Å². The maximum absolute atomic E-state index is 12.0. The standard InChI is InChI=1S/C11H17N3O2S/c1-8(9-3-2-4-9)14-17(15,16)10-5-6-11(12)13-7-10/h5-9,14H,2-4H2,1H3,(H2,12,13). The van der Waals surface area contributed by atoms with Crippen molar-refractivity contribution in [3.63, 3.8) is 0 Å². The average molecular weight is 255 g/mol. The fraction of sp³-hybridized carbons (Fsp3) is 0.545. The number of nitrogens with two attached hydrogens (primary N) is 1. The Morgan fingerprint density at radius 2 is 2.18 bits per heavy atom. The van der Waals surface area contributed by atoms with Crippen molar-refractivity contribution < 1.29 is 8.42 Å². The smallest absolute Gasteiger partial charge is 0.242 e. The quantitative estimate of drug-likeness (QED) is 0.844. The van der Waals surface area contributed by atoms with Crippen LogP contribution in [0.25, 0.3) is 0 Å². The Balaban J connectivity index is 2.10. The molecule has 1 atom stereocenters. The highest BCUT2D eigenvalue weighted by molar-refractivity contribution is 7.89. The summed E-state index contributed by atoms with van der Waals surface area (Å²) in [6.45, 7) is 1.91. The molecule has 1 saturated carbocycles. The molecule has 1 unspecified atom stereocenters. The van der Waals surface area contributed by atoms with Crippen molar-refractivity contribution in [3.8, 4) is 0 Å². The minimum Gasteiger partial charge on any atom is -0.384 e. The molecule has 6 heteroatoms. The SMILES string of the molecule is CC(NS(=O)(=O)c1ccc(N)nc1)C1CCC1. The van der Waals surface area contributed by atoms with E-state index in [2.05, 4.69) is 9.71 Å². The predicted octanol–water partition coefficient (Wildman–Crippen LogP) is 1.13. The van der Waals surface area contributed by atoms with E-state index >= 15 is 0 Å². The van der Waals surface area contributed by atoms with Crippen LogP contribution in [-0.4, -0.2) is 19.4 Å². The average Bonchev–Trinajstić information content (AvgIpc) is 2.14. The van der Waals surface area contributed by atoms with Gasteiger partial charge in [0, 0.05) is 12.2 Å². The van der Waals surface area contributed by atoms with Gasteiger partial charge in [0.25, 0.3) is 0 Å². The zero-order valence-electron chi connectivity index (χ0n) is 9.76. The third-order valence-corrected chi connectivity index (χ3v) is 4.81. The predicted molar refractivity (Wildman–Crippen MR) is 65.8 cm³/mol. The highest BCUT2D eigenvalue weighted by Gasteiger charge is 2.27. The van der Waals surface area contributed by atoms with Crippen molar-refractivity contribution >= 4 is 15.8 Å². The summed E-state index contributed by atoms with van der Waals surface area (Å²) in [5.41, 5.74) is 5.42. The van der Waals surface area contributed by atoms with Crippen molar-refractivity contribution in [2.75, 3.05) is 5.73 Å². The molecule has 1 fully saturated rings. The molecule has 0 bridgehead atoms. The second-order valence-corrected chi connectivity index (χ2v) is 6.23. The Morgan fingerprint density at radius 3 is 2.65 bits per heavy atom. The van der Waals surface area contributed by atoms with Crippen LogP contribution < -0.4 is 10.5 Å². The van der Waals surface area contributed by atoms with Gasteiger partial charge in [-0.1, -0.05) is 6.42 Å². The van der Waals surface area contributed by atoms with E-state index in [4.69, 9.17) is 5.73 Å². The van der Waals surface area contributed by atoms with E-state index in [0.717, 1.165) is 12.8 Å². The number of aromatic nitrogens is 1. The molecule has 1 aromatic heterocycles. The lowest BCUT2D eigenvalue weighted by Crippen LogP contribution is -2.40. The minimum absolute atomic E-state index is 0.0219. The number of nitrogens with zero attached hydrogens (tertiary/aromatic N) is 1. The van der Waals surface area contributed by atoms with Crippen LogP contribution in [0.15, 0.2) is 23.2 Å². The van der Waals surface area contributed by atoms with Crippen LogP contribution in [0.2, 0.25) is 0 Å². The van der Waals surface area contributed by atoms with Gasteiger partial charge >= 0.3 is 0 Å². The molecule has 0 amide bonds. The van der Waals surface area contributed by atoms with E-state index in [0.29, 0.717) is 11.7 Å². The first-order chi connectivity index (χ1) is 7.99. The summed E-state index contributed by atoms with van der Waals surface area (Å²) in [6.07, 6.45) is 4.68. The van der Waals surface area contributed by atoms with Gasteiger partial charge in [0.05, 0.1) is 0 Å². The molecular weight excluding hydrogens is 238 g/mol. The molecular formula is C11H17N3O2S. The zero-order valence-corrected chi connectivity index (χ0v) is 10.6. The topological polar surface area (TPSA) is 85.1 Å². The van der Waals surface area contributed by atoms with Crippen LogP contribution in [0.5, 0.6) is 0 Å². The summed E-state index contributed by atoms with van der Waals surface area (Å²) in [5.74, 6) is 0.780. The summed E-state index contributed by atoms with van der Waals surface area (Å²) in [4.78, 5) is 3.95. The molecule has 0 aromatic carbocycles. The number of nitrogens with one attached hydrogen (secondary N) is 1. The number of pyridine rings is 1. The molecule has 94 valence electrons. The first-order valence-corrected chi connectivity index (χ1v) is 7.21. The number of hydrogen-bond acceptors (Lipinski definition) is 4. The Kier molecular flexibility index (Phi) is 3.35. The molecule has 1 aromatic rings. The second kappa shape index (κ2) is 4.62. The van der Waals surface area contributed by atoms with Crippen molar-refractivity contribution in [2.24, 2.45) is 5.92 Å². The largest absolute Gasteiger partial charge is 0.384 e. The molecule has 0 radical (unpaired) electrons. The summed E-state index contributed by atoms with van der Waals surface area (Å²) in [7, 11) is -3.47. The minimum atomic E-state index is -3.47. The van der Waals surface area contributed by atoms with Crippen molar-refractivity contribution in [1.82, 2.24) is 9.71 Å². The van der Waals surface area contributed by atoms with Crippen LogP contribution in [0.1, 0.15) is 26.2 Å². The Labute approximate surface area is 101 Å². The number of rotatable bonds is 4. The van der Waals surface area contributed by atoms with Crippen LogP contribution >= 0.6 is 0 Å². The first kappa shape index (κ1) is 12.3. The van der Waals surface area contributed by atoms with Crippen molar-refractivity contribution in [1.29, 1.82) is 0 Å². The highest BCUT2D eigenvalue weighted by atomic mass is 32.2. The maximum atomic E-state index is 12.0. The summed E-state index contributed by atoms with van der Waals surface area (Å²) in [5, 5.41) is 0. The van der Waals surface area contributed by atoms with Crippen LogP contribution in [0, 0.1) is 5.92 Å². The van der Waals surface area contributed by atoms with Gasteiger partial charge in [0.15, 0.2) is 0 Å². The zero-order chi connectivity index (χ0) is 12.5. The number of sulfonamides is 1. The lowest BCUT2D eigenvalue weighted by Gasteiger charge is -2.31. The lowest BCUT2D eigenvalue weighted by atomic mass is 9.81. The fourth-order valence-electron chi connectivity index (χ4n) is 1.90. The van der Waals surface area contributed by atoms with Gasteiger partial charge in [-0.2, -0.15) is 0 Å². The maximum Gasteiger partial charge on any atom is 0.242 e. The van der Waals surface area contributed by atoms with E-state index in [9.17, 15) is 8.42 Å². The molecule has 2 rings (SSSR count). The summed E-state index contributed by atoms with van der Waals surface area (Å²) < 4.78 is 26.7. The summed E-state index contributed by atoms with van der Waals surface area (Å²) in [6, 6.07) is 2.94. The second-order valence-electron chi connectivity index (χ2n) is 4.52. The summed E-state index contributed by atoms with van der Waals surface area (Å²) >= 11 is 0. The van der Waals surface area contributed by atoms with Crippen molar-refractivity contribution in [3.05, 3.63) is 18.3 Å². The molecule has 0 spiro atoms. The third kappa shape index (κ3) is 2.76. The molecule has 1 heterocycles. The van der Waals surface area contributed by atoms with Gasteiger partial charge in [-0.05, 0) is 37.8 Å². The van der Waals surface area contributed by atoms with E-state index in [1.807, 2.05) is 6.92 Å². The highest BCUT2D eigenvalue weighted by Crippen LogP contribution is 2.30. The third-order valence-electron chi connectivity index (χ3n) is 3.27. The number of anilines is 1. The Morgan fingerprint density at radius 1 is 1.47 bits per heavy atom. The van der Waals surface area contributed by atoms with Crippen LogP contribution in [0.4, 0.5) is 5.82 Å².